The maximum atomic E-state index is 14.0. The fourth-order valence-corrected chi connectivity index (χ4v) is 6.03. The number of aliphatic hydroxyl groups is 1. The minimum Gasteiger partial charge on any atom is -0.481 e. The van der Waals surface area contributed by atoms with Gasteiger partial charge < -0.3 is 24.7 Å². The molecule has 2 unspecified atom stereocenters. The van der Waals surface area contributed by atoms with Gasteiger partial charge in [0, 0.05) is 12.6 Å². The van der Waals surface area contributed by atoms with E-state index in [9.17, 15) is 24.6 Å². The van der Waals surface area contributed by atoms with Crippen molar-refractivity contribution in [2.45, 2.75) is 62.9 Å². The summed E-state index contributed by atoms with van der Waals surface area (Å²) < 4.78 is 6.25. The molecule has 1 aromatic rings. The van der Waals surface area contributed by atoms with Crippen molar-refractivity contribution < 1.29 is 29.3 Å². The van der Waals surface area contributed by atoms with Crippen molar-refractivity contribution >= 4 is 17.8 Å². The summed E-state index contributed by atoms with van der Waals surface area (Å²) in [6.07, 6.45) is 2.33. The number of hydrogen-bond acceptors (Lipinski definition) is 5. The zero-order chi connectivity index (χ0) is 23.9. The smallest absolute Gasteiger partial charge is 0.310 e. The molecule has 2 amide bonds. The van der Waals surface area contributed by atoms with Crippen molar-refractivity contribution in [3.63, 3.8) is 0 Å². The van der Waals surface area contributed by atoms with Gasteiger partial charge in [0.1, 0.15) is 11.6 Å². The molecule has 33 heavy (non-hydrogen) atoms. The number of carbonyl (C=O) groups is 3. The predicted molar refractivity (Wildman–Crippen MR) is 120 cm³/mol. The van der Waals surface area contributed by atoms with E-state index in [4.69, 9.17) is 4.74 Å². The van der Waals surface area contributed by atoms with Crippen molar-refractivity contribution in [2.24, 2.45) is 11.8 Å². The fraction of sp³-hybridized carbons (Fsp3) is 0.560. The summed E-state index contributed by atoms with van der Waals surface area (Å²) in [7, 11) is 0. The summed E-state index contributed by atoms with van der Waals surface area (Å²) in [4.78, 5) is 43.0. The molecule has 0 aromatic heterocycles. The Balaban J connectivity index is 1.79. The van der Waals surface area contributed by atoms with Crippen LogP contribution < -0.4 is 0 Å². The molecule has 1 spiro atoms. The van der Waals surface area contributed by atoms with Crippen LogP contribution in [0.2, 0.25) is 0 Å². The number of carboxylic acid groups (broad SMARTS) is 1. The van der Waals surface area contributed by atoms with Gasteiger partial charge in [-0.05, 0) is 38.7 Å². The Morgan fingerprint density at radius 1 is 1.33 bits per heavy atom. The second kappa shape index (κ2) is 8.91. The van der Waals surface area contributed by atoms with E-state index in [-0.39, 0.29) is 18.6 Å². The number of aliphatic hydroxyl groups excluding tert-OH is 1. The Bertz CT molecular complexity index is 934. The Labute approximate surface area is 193 Å². The highest BCUT2D eigenvalue weighted by molar-refractivity contribution is 5.98. The molecular weight excluding hydrogens is 424 g/mol. The monoisotopic (exact) mass is 456 g/mol. The number of rotatable bonds is 9. The number of ether oxygens (including phenoxy) is 1. The highest BCUT2D eigenvalue weighted by Crippen LogP contribution is 2.59. The molecule has 1 aromatic carbocycles. The SMILES string of the molecule is C=CCN(C(=O)C1N([C@@H](CO)Cc2ccccc2)C(=O)[C@@H]2[C@H](C(=O)O)[C@@H]3CCC12O3)C(C)C. The summed E-state index contributed by atoms with van der Waals surface area (Å²) in [5, 5.41) is 20.2. The highest BCUT2D eigenvalue weighted by Gasteiger charge is 2.75. The third-order valence-corrected chi connectivity index (χ3v) is 7.41. The molecule has 0 radical (unpaired) electrons. The summed E-state index contributed by atoms with van der Waals surface area (Å²) in [6.45, 7) is 7.48. The normalized spacial score (nSPS) is 31.0. The standard InChI is InChI=1S/C25H32N2O6/c1-4-12-26(15(2)3)23(30)21-25-11-10-18(33-25)19(24(31)32)20(25)22(29)27(21)17(14-28)13-16-8-6-5-7-9-16/h4-9,15,17-21,28H,1,10-14H2,2-3H3,(H,31,32)/t17-,18+,19-,20+,21?,25?/m1/s1. The highest BCUT2D eigenvalue weighted by atomic mass is 16.5. The average molecular weight is 457 g/mol. The number of carboxylic acids is 1. The molecule has 3 aliphatic rings. The van der Waals surface area contributed by atoms with Crippen molar-refractivity contribution in [1.29, 1.82) is 0 Å². The predicted octanol–water partition coefficient (Wildman–Crippen LogP) is 1.47. The third kappa shape index (κ3) is 3.65. The van der Waals surface area contributed by atoms with Crippen LogP contribution in [0, 0.1) is 11.8 Å². The van der Waals surface area contributed by atoms with Crippen molar-refractivity contribution in [3.8, 4) is 0 Å². The van der Waals surface area contributed by atoms with E-state index in [0.717, 1.165) is 5.56 Å². The molecule has 3 fully saturated rings. The molecular formula is C25H32N2O6. The number of carbonyl (C=O) groups excluding carboxylic acids is 2. The molecule has 0 saturated carbocycles. The van der Waals surface area contributed by atoms with Gasteiger partial charge >= 0.3 is 5.97 Å². The molecule has 8 heteroatoms. The number of hydrogen-bond donors (Lipinski definition) is 2. The summed E-state index contributed by atoms with van der Waals surface area (Å²) in [6, 6.07) is 7.62. The summed E-state index contributed by atoms with van der Waals surface area (Å²) in [5.74, 6) is -3.72. The molecule has 8 nitrogen and oxygen atoms in total. The zero-order valence-electron chi connectivity index (χ0n) is 19.1. The molecule has 3 aliphatic heterocycles. The average Bonchev–Trinajstić information content (AvgIpc) is 3.43. The largest absolute Gasteiger partial charge is 0.481 e. The van der Waals surface area contributed by atoms with E-state index < -0.39 is 47.5 Å². The summed E-state index contributed by atoms with van der Waals surface area (Å²) >= 11 is 0. The van der Waals surface area contributed by atoms with Gasteiger partial charge in [-0.3, -0.25) is 14.4 Å². The van der Waals surface area contributed by atoms with Gasteiger partial charge in [0.2, 0.25) is 11.8 Å². The van der Waals surface area contributed by atoms with E-state index in [0.29, 0.717) is 25.8 Å². The first-order chi connectivity index (χ1) is 15.8. The maximum absolute atomic E-state index is 14.0. The Morgan fingerprint density at radius 3 is 2.61 bits per heavy atom. The zero-order valence-corrected chi connectivity index (χ0v) is 19.1. The molecule has 3 heterocycles. The number of fused-ring (bicyclic) bond motifs is 1. The van der Waals surface area contributed by atoms with E-state index in [1.165, 1.54) is 4.90 Å². The van der Waals surface area contributed by atoms with Crippen LogP contribution in [0.25, 0.3) is 0 Å². The molecule has 4 rings (SSSR count). The lowest BCUT2D eigenvalue weighted by Crippen LogP contribution is -2.60. The van der Waals surface area contributed by atoms with Gasteiger partial charge in [-0.1, -0.05) is 36.4 Å². The third-order valence-electron chi connectivity index (χ3n) is 7.41. The van der Waals surface area contributed by atoms with Crippen molar-refractivity contribution in [2.75, 3.05) is 13.2 Å². The van der Waals surface area contributed by atoms with Crippen molar-refractivity contribution in [1.82, 2.24) is 9.80 Å². The topological polar surface area (TPSA) is 107 Å². The Hall–Kier alpha value is -2.71. The van der Waals surface area contributed by atoms with E-state index in [2.05, 4.69) is 6.58 Å². The van der Waals surface area contributed by atoms with Crippen molar-refractivity contribution in [3.05, 3.63) is 48.6 Å². The first kappa shape index (κ1) is 23.4. The van der Waals surface area contributed by atoms with Crippen LogP contribution in [0.3, 0.4) is 0 Å². The van der Waals surface area contributed by atoms with E-state index in [1.54, 1.807) is 11.0 Å². The van der Waals surface area contributed by atoms with E-state index in [1.807, 2.05) is 44.2 Å². The molecule has 3 saturated heterocycles. The van der Waals surface area contributed by atoms with Gasteiger partial charge in [-0.15, -0.1) is 6.58 Å². The lowest BCUT2D eigenvalue weighted by molar-refractivity contribution is -0.154. The molecule has 2 bridgehead atoms. The first-order valence-corrected chi connectivity index (χ1v) is 11.6. The van der Waals surface area contributed by atoms with Gasteiger partial charge in [-0.25, -0.2) is 0 Å². The first-order valence-electron chi connectivity index (χ1n) is 11.6. The van der Waals surface area contributed by atoms with Gasteiger partial charge in [0.25, 0.3) is 0 Å². The Morgan fingerprint density at radius 2 is 2.03 bits per heavy atom. The van der Waals surface area contributed by atoms with Crippen LogP contribution in [0.5, 0.6) is 0 Å². The maximum Gasteiger partial charge on any atom is 0.310 e. The van der Waals surface area contributed by atoms with E-state index >= 15 is 0 Å². The molecule has 2 N–H and O–H groups in total. The molecule has 178 valence electrons. The number of nitrogens with zero attached hydrogens (tertiary/aromatic N) is 2. The van der Waals surface area contributed by atoms with Gasteiger partial charge in [0.15, 0.2) is 0 Å². The quantitative estimate of drug-likeness (QED) is 0.545. The second-order valence-corrected chi connectivity index (χ2v) is 9.54. The fourth-order valence-electron chi connectivity index (χ4n) is 6.03. The lowest BCUT2D eigenvalue weighted by atomic mass is 9.70. The molecule has 0 aliphatic carbocycles. The molecule has 6 atom stereocenters. The van der Waals surface area contributed by atoms with Crippen LogP contribution in [-0.2, 0) is 25.5 Å². The number of likely N-dealkylation sites (tertiary alicyclic amines) is 1. The van der Waals surface area contributed by atoms with Crippen LogP contribution in [0.15, 0.2) is 43.0 Å². The van der Waals surface area contributed by atoms with Gasteiger partial charge in [-0.2, -0.15) is 0 Å². The minimum atomic E-state index is -1.19. The number of benzene rings is 1. The lowest BCUT2D eigenvalue weighted by Gasteiger charge is -2.40. The van der Waals surface area contributed by atoms with Crippen LogP contribution >= 0.6 is 0 Å². The Kier molecular flexibility index (Phi) is 6.33. The second-order valence-electron chi connectivity index (χ2n) is 9.54. The summed E-state index contributed by atoms with van der Waals surface area (Å²) in [5.41, 5.74) is -0.280. The van der Waals surface area contributed by atoms with Crippen LogP contribution in [0.1, 0.15) is 32.3 Å². The van der Waals surface area contributed by atoms with Crippen LogP contribution in [0.4, 0.5) is 0 Å². The number of amides is 2. The minimum absolute atomic E-state index is 0.154. The van der Waals surface area contributed by atoms with Gasteiger partial charge in [0.05, 0.1) is 30.6 Å². The number of aliphatic carboxylic acids is 1. The van der Waals surface area contributed by atoms with Crippen LogP contribution in [-0.4, -0.2) is 80.8 Å².